The van der Waals surface area contributed by atoms with Gasteiger partial charge in [0.25, 0.3) is 10.1 Å². The van der Waals surface area contributed by atoms with Crippen LogP contribution in [-0.4, -0.2) is 66.3 Å². The Morgan fingerprint density at radius 2 is 2.05 bits per heavy atom. The van der Waals surface area contributed by atoms with Crippen LogP contribution in [0, 0.1) is 0 Å². The molecule has 0 bridgehead atoms. The van der Waals surface area contributed by atoms with E-state index in [0.717, 1.165) is 12.8 Å². The van der Waals surface area contributed by atoms with Gasteiger partial charge in [0, 0.05) is 36.4 Å². The maximum atomic E-state index is 13.5. The molecule has 1 saturated heterocycles. The second kappa shape index (κ2) is 12.2. The second-order valence-electron chi connectivity index (χ2n) is 9.13. The van der Waals surface area contributed by atoms with Crippen LogP contribution in [0.1, 0.15) is 43.2 Å². The summed E-state index contributed by atoms with van der Waals surface area (Å²) in [5.41, 5.74) is 2.03. The van der Waals surface area contributed by atoms with Crippen molar-refractivity contribution >= 4 is 33.6 Å². The highest BCUT2D eigenvalue weighted by Crippen LogP contribution is 2.38. The smallest absolute Gasteiger partial charge is 0.336 e. The van der Waals surface area contributed by atoms with Crippen molar-refractivity contribution in [1.29, 1.82) is 0 Å². The first kappa shape index (κ1) is 28.0. The molecule has 0 radical (unpaired) electrons. The zero-order valence-electron chi connectivity index (χ0n) is 20.8. The number of carbonyl (C=O) groups excluding carboxylic acids is 2. The van der Waals surface area contributed by atoms with E-state index in [2.05, 4.69) is 4.98 Å². The van der Waals surface area contributed by atoms with Gasteiger partial charge in [0.05, 0.1) is 18.2 Å². The molecule has 3 heterocycles. The molecule has 1 fully saturated rings. The molecule has 2 aromatic rings. The highest BCUT2D eigenvalue weighted by atomic mass is 35.5. The third kappa shape index (κ3) is 7.10. The minimum absolute atomic E-state index is 0.0626. The zero-order valence-corrected chi connectivity index (χ0v) is 22.4. The van der Waals surface area contributed by atoms with E-state index in [9.17, 15) is 18.0 Å². The first-order chi connectivity index (χ1) is 18.1. The lowest BCUT2D eigenvalue weighted by Crippen LogP contribution is -2.42. The number of pyridine rings is 1. The van der Waals surface area contributed by atoms with Crippen molar-refractivity contribution in [2.24, 2.45) is 0 Å². The minimum atomic E-state index is -4.18. The Kier molecular flexibility index (Phi) is 9.03. The van der Waals surface area contributed by atoms with Crippen molar-refractivity contribution in [3.63, 3.8) is 0 Å². The van der Waals surface area contributed by atoms with Gasteiger partial charge in [-0.1, -0.05) is 35.9 Å². The monoisotopic (exact) mass is 564 g/mol. The number of amides is 1. The molecule has 4 rings (SSSR count). The van der Waals surface area contributed by atoms with Crippen molar-refractivity contribution in [3.05, 3.63) is 70.1 Å². The topological polar surface area (TPSA) is 132 Å². The fraction of sp³-hybridized carbons (Fsp3) is 0.423. The molecule has 10 nitrogen and oxygen atoms in total. The molecule has 0 unspecified atom stereocenters. The van der Waals surface area contributed by atoms with Crippen LogP contribution in [0.3, 0.4) is 0 Å². The van der Waals surface area contributed by atoms with Crippen molar-refractivity contribution < 1.29 is 36.8 Å². The van der Waals surface area contributed by atoms with Gasteiger partial charge in [-0.25, -0.2) is 9.78 Å². The third-order valence-corrected chi connectivity index (χ3v) is 7.44. The van der Waals surface area contributed by atoms with E-state index < -0.39 is 27.8 Å². The first-order valence-corrected chi connectivity index (χ1v) is 14.2. The summed E-state index contributed by atoms with van der Waals surface area (Å²) >= 11 is 5.96. The van der Waals surface area contributed by atoms with Crippen LogP contribution in [0.25, 0.3) is 0 Å². The van der Waals surface area contributed by atoms with Crippen molar-refractivity contribution in [3.8, 4) is 5.75 Å². The summed E-state index contributed by atoms with van der Waals surface area (Å²) in [7, 11) is -4.18. The van der Waals surface area contributed by atoms with Crippen molar-refractivity contribution in [2.45, 2.75) is 44.8 Å². The Bertz CT molecular complexity index is 1310. The predicted molar refractivity (Wildman–Crippen MR) is 138 cm³/mol. The number of allylic oxidation sites excluding steroid dienone is 1. The fourth-order valence-electron chi connectivity index (χ4n) is 4.61. The number of rotatable bonds is 10. The maximum Gasteiger partial charge on any atom is 0.336 e. The molecule has 1 amide bonds. The SMILES string of the molecule is CC1=C(C(=O)OCc2ccccc2OCCS(=O)(=O)O)[C@@H](c2ccc(Cl)nc2)CC(=O)N1C[C@@H]1CCCO1. The van der Waals surface area contributed by atoms with E-state index in [4.69, 9.17) is 30.4 Å². The van der Waals surface area contributed by atoms with E-state index in [1.54, 1.807) is 54.4 Å². The van der Waals surface area contributed by atoms with Gasteiger partial charge in [-0.05, 0) is 37.5 Å². The molecule has 1 N–H and O–H groups in total. The summed E-state index contributed by atoms with van der Waals surface area (Å²) in [5.74, 6) is -1.53. The van der Waals surface area contributed by atoms with E-state index in [1.165, 1.54) is 0 Å². The van der Waals surface area contributed by atoms with Gasteiger partial charge in [-0.3, -0.25) is 9.35 Å². The molecule has 2 aliphatic rings. The van der Waals surface area contributed by atoms with Crippen LogP contribution in [0.15, 0.2) is 53.9 Å². The Balaban J connectivity index is 1.57. The van der Waals surface area contributed by atoms with Gasteiger partial charge < -0.3 is 19.1 Å². The molecule has 38 heavy (non-hydrogen) atoms. The molecule has 0 spiro atoms. The number of benzene rings is 1. The Morgan fingerprint density at radius 3 is 2.74 bits per heavy atom. The van der Waals surface area contributed by atoms with Gasteiger partial charge in [-0.2, -0.15) is 8.42 Å². The predicted octanol–water partition coefficient (Wildman–Crippen LogP) is 3.51. The largest absolute Gasteiger partial charge is 0.492 e. The number of ether oxygens (including phenoxy) is 3. The van der Waals surface area contributed by atoms with E-state index in [0.29, 0.717) is 46.5 Å². The van der Waals surface area contributed by atoms with Gasteiger partial charge >= 0.3 is 5.97 Å². The molecule has 1 aromatic carbocycles. The van der Waals surface area contributed by atoms with Crippen LogP contribution < -0.4 is 4.74 Å². The number of aromatic nitrogens is 1. The second-order valence-corrected chi connectivity index (χ2v) is 11.1. The highest BCUT2D eigenvalue weighted by molar-refractivity contribution is 7.85. The van der Waals surface area contributed by atoms with Crippen LogP contribution in [0.4, 0.5) is 0 Å². The van der Waals surface area contributed by atoms with Gasteiger partial charge in [0.2, 0.25) is 5.91 Å². The lowest BCUT2D eigenvalue weighted by atomic mass is 9.84. The summed E-state index contributed by atoms with van der Waals surface area (Å²) in [6.07, 6.45) is 3.29. The lowest BCUT2D eigenvalue weighted by Gasteiger charge is -2.35. The Morgan fingerprint density at radius 1 is 1.26 bits per heavy atom. The number of carbonyl (C=O) groups is 2. The van der Waals surface area contributed by atoms with Crippen LogP contribution in [0.5, 0.6) is 5.75 Å². The molecule has 12 heteroatoms. The third-order valence-electron chi connectivity index (χ3n) is 6.54. The summed E-state index contributed by atoms with van der Waals surface area (Å²) in [6.45, 7) is 2.32. The zero-order chi connectivity index (χ0) is 27.3. The van der Waals surface area contributed by atoms with E-state index in [1.807, 2.05) is 0 Å². The molecule has 2 atom stereocenters. The van der Waals surface area contributed by atoms with Crippen LogP contribution in [0.2, 0.25) is 5.15 Å². The van der Waals surface area contributed by atoms with Gasteiger partial charge in [-0.15, -0.1) is 0 Å². The average molecular weight is 565 g/mol. The number of hydrogen-bond acceptors (Lipinski definition) is 8. The lowest BCUT2D eigenvalue weighted by molar-refractivity contribution is -0.141. The number of halogens is 1. The van der Waals surface area contributed by atoms with Crippen molar-refractivity contribution in [1.82, 2.24) is 9.88 Å². The number of esters is 1. The number of hydrogen-bond donors (Lipinski definition) is 1. The Hall–Kier alpha value is -2.99. The summed E-state index contributed by atoms with van der Waals surface area (Å²) in [4.78, 5) is 32.4. The van der Waals surface area contributed by atoms with Crippen LogP contribution >= 0.6 is 11.6 Å². The van der Waals surface area contributed by atoms with E-state index in [-0.39, 0.29) is 31.6 Å². The quantitative estimate of drug-likeness (QED) is 0.261. The molecular weight excluding hydrogens is 536 g/mol. The Labute approximate surface area is 226 Å². The normalized spacial score (nSPS) is 20.1. The number of para-hydroxylation sites is 1. The van der Waals surface area contributed by atoms with Gasteiger partial charge in [0.1, 0.15) is 29.9 Å². The fourth-order valence-corrected chi connectivity index (χ4v) is 5.02. The molecule has 0 aliphatic carbocycles. The molecule has 2 aliphatic heterocycles. The van der Waals surface area contributed by atoms with E-state index >= 15 is 0 Å². The summed E-state index contributed by atoms with van der Waals surface area (Å²) in [5, 5.41) is 0.298. The average Bonchev–Trinajstić information content (AvgIpc) is 3.38. The molecule has 1 aromatic heterocycles. The highest BCUT2D eigenvalue weighted by Gasteiger charge is 2.38. The molecule has 204 valence electrons. The van der Waals surface area contributed by atoms with Gasteiger partial charge in [0.15, 0.2) is 0 Å². The molecular formula is C26H29ClN2O8S. The number of nitrogens with zero attached hydrogens (tertiary/aromatic N) is 2. The summed E-state index contributed by atoms with van der Waals surface area (Å²) in [6, 6.07) is 10.1. The summed E-state index contributed by atoms with van der Waals surface area (Å²) < 4.78 is 47.9. The molecule has 0 saturated carbocycles. The van der Waals surface area contributed by atoms with Crippen molar-refractivity contribution in [2.75, 3.05) is 25.5 Å². The minimum Gasteiger partial charge on any atom is -0.492 e. The maximum absolute atomic E-state index is 13.5. The first-order valence-electron chi connectivity index (χ1n) is 12.2. The van der Waals surface area contributed by atoms with Crippen LogP contribution in [-0.2, 0) is 35.8 Å². The standard InChI is InChI=1S/C26H29ClN2O8S/c1-17-25(26(31)37-16-19-5-2-3-7-22(19)36-11-12-38(32,33)34)21(18-8-9-23(27)28-14-18)13-24(30)29(17)15-20-6-4-10-35-20/h2-3,5,7-9,14,20-21H,4,6,10-13,15-16H2,1H3,(H,32,33,34)/t20-,21+/m0/s1.